The van der Waals surface area contributed by atoms with E-state index in [2.05, 4.69) is 24.0 Å². The quantitative estimate of drug-likeness (QED) is 0.892. The van der Waals surface area contributed by atoms with Crippen LogP contribution in [0, 0.1) is 11.3 Å². The van der Waals surface area contributed by atoms with Gasteiger partial charge in [0.25, 0.3) is 0 Å². The third kappa shape index (κ3) is 1.91. The summed E-state index contributed by atoms with van der Waals surface area (Å²) in [6.45, 7) is 4.40. The van der Waals surface area contributed by atoms with Gasteiger partial charge in [0.15, 0.2) is 5.82 Å². The van der Waals surface area contributed by atoms with Gasteiger partial charge < -0.3 is 9.63 Å². The summed E-state index contributed by atoms with van der Waals surface area (Å²) in [5.41, 5.74) is 0.292. The summed E-state index contributed by atoms with van der Waals surface area (Å²) in [5, 5.41) is 13.0. The van der Waals surface area contributed by atoms with Crippen molar-refractivity contribution in [2.45, 2.75) is 51.4 Å². The molecule has 0 radical (unpaired) electrons. The molecular weight excluding hydrogens is 232 g/mol. The zero-order valence-electron chi connectivity index (χ0n) is 10.7. The maximum absolute atomic E-state index is 10.9. The van der Waals surface area contributed by atoms with Crippen molar-refractivity contribution >= 4 is 5.97 Å². The van der Waals surface area contributed by atoms with E-state index in [1.165, 1.54) is 0 Å². The van der Waals surface area contributed by atoms with E-state index < -0.39 is 5.97 Å². The molecule has 0 aromatic carbocycles. The molecular formula is C13H18N2O3. The van der Waals surface area contributed by atoms with Crippen molar-refractivity contribution in [2.24, 2.45) is 11.3 Å². The molecule has 3 unspecified atom stereocenters. The number of carbonyl (C=O) groups is 1. The number of hydrogen-bond acceptors (Lipinski definition) is 4. The maximum Gasteiger partial charge on any atom is 0.306 e. The van der Waals surface area contributed by atoms with E-state index in [1.807, 2.05) is 0 Å². The highest BCUT2D eigenvalue weighted by Crippen LogP contribution is 2.57. The van der Waals surface area contributed by atoms with Gasteiger partial charge in [0.05, 0.1) is 5.92 Å². The van der Waals surface area contributed by atoms with Gasteiger partial charge in [-0.15, -0.1) is 0 Å². The van der Waals surface area contributed by atoms with Crippen molar-refractivity contribution < 1.29 is 14.4 Å². The average Bonchev–Trinajstić information content (AvgIpc) is 2.82. The lowest BCUT2D eigenvalue weighted by Gasteiger charge is -2.02. The van der Waals surface area contributed by atoms with E-state index in [0.717, 1.165) is 18.7 Å². The molecule has 1 heterocycles. The van der Waals surface area contributed by atoms with Gasteiger partial charge in [0, 0.05) is 11.8 Å². The number of carboxylic acids is 1. The molecule has 0 spiro atoms. The van der Waals surface area contributed by atoms with Crippen LogP contribution in [0.4, 0.5) is 0 Å². The number of nitrogens with zero attached hydrogens (tertiary/aromatic N) is 2. The Morgan fingerprint density at radius 3 is 2.72 bits per heavy atom. The van der Waals surface area contributed by atoms with Crippen LogP contribution in [0.3, 0.4) is 0 Å². The molecule has 18 heavy (non-hydrogen) atoms. The molecule has 0 saturated heterocycles. The highest BCUT2D eigenvalue weighted by molar-refractivity contribution is 5.70. The van der Waals surface area contributed by atoms with E-state index in [-0.39, 0.29) is 11.8 Å². The number of hydrogen-bond donors (Lipinski definition) is 1. The van der Waals surface area contributed by atoms with Crippen LogP contribution < -0.4 is 0 Å². The van der Waals surface area contributed by atoms with Crippen LogP contribution in [0.25, 0.3) is 0 Å². The lowest BCUT2D eigenvalue weighted by molar-refractivity contribution is -0.141. The molecule has 3 rings (SSSR count). The molecule has 2 saturated carbocycles. The van der Waals surface area contributed by atoms with Gasteiger partial charge in [-0.2, -0.15) is 4.98 Å². The number of rotatable bonds is 3. The summed E-state index contributed by atoms with van der Waals surface area (Å²) >= 11 is 0. The number of carboxylic acid groups (broad SMARTS) is 1. The summed E-state index contributed by atoms with van der Waals surface area (Å²) in [6.07, 6.45) is 3.29. The fourth-order valence-corrected chi connectivity index (χ4v) is 2.89. The molecule has 98 valence electrons. The Morgan fingerprint density at radius 2 is 2.17 bits per heavy atom. The van der Waals surface area contributed by atoms with Gasteiger partial charge in [-0.3, -0.25) is 4.79 Å². The van der Waals surface area contributed by atoms with Crippen LogP contribution in [0.1, 0.15) is 63.1 Å². The van der Waals surface area contributed by atoms with E-state index in [9.17, 15) is 4.79 Å². The Morgan fingerprint density at radius 1 is 1.44 bits per heavy atom. The molecule has 1 N–H and O–H groups in total. The Bertz CT molecular complexity index is 480. The Balaban J connectivity index is 1.69. The molecule has 0 amide bonds. The van der Waals surface area contributed by atoms with Gasteiger partial charge in [0.1, 0.15) is 0 Å². The number of aromatic nitrogens is 2. The molecule has 5 heteroatoms. The van der Waals surface area contributed by atoms with Crippen molar-refractivity contribution in [3.8, 4) is 0 Å². The highest BCUT2D eigenvalue weighted by Gasteiger charge is 2.49. The Hall–Kier alpha value is -1.39. The number of aliphatic carboxylic acids is 1. The van der Waals surface area contributed by atoms with Crippen molar-refractivity contribution in [1.29, 1.82) is 0 Å². The molecule has 0 bridgehead atoms. The summed E-state index contributed by atoms with van der Waals surface area (Å²) in [5.74, 6) is 1.02. The second kappa shape index (κ2) is 3.80. The zero-order chi connectivity index (χ0) is 12.9. The third-order valence-electron chi connectivity index (χ3n) is 4.41. The Labute approximate surface area is 106 Å². The minimum Gasteiger partial charge on any atom is -0.481 e. The predicted octanol–water partition coefficient (Wildman–Crippen LogP) is 2.55. The summed E-state index contributed by atoms with van der Waals surface area (Å²) in [7, 11) is 0. The SMILES string of the molecule is CC1(C)CC1c1noc(C2CCC(C(=O)O)C2)n1. The van der Waals surface area contributed by atoms with Gasteiger partial charge in [-0.05, 0) is 31.1 Å². The average molecular weight is 250 g/mol. The molecule has 1 aromatic rings. The van der Waals surface area contributed by atoms with Crippen LogP contribution in [-0.4, -0.2) is 21.2 Å². The second-order valence-electron chi connectivity index (χ2n) is 6.28. The first-order chi connectivity index (χ1) is 8.47. The van der Waals surface area contributed by atoms with Crippen LogP contribution in [-0.2, 0) is 4.79 Å². The largest absolute Gasteiger partial charge is 0.481 e. The van der Waals surface area contributed by atoms with Crippen molar-refractivity contribution in [3.63, 3.8) is 0 Å². The smallest absolute Gasteiger partial charge is 0.306 e. The van der Waals surface area contributed by atoms with Crippen LogP contribution >= 0.6 is 0 Å². The molecule has 2 fully saturated rings. The molecule has 2 aliphatic rings. The Kier molecular flexibility index (Phi) is 2.47. The van der Waals surface area contributed by atoms with E-state index in [0.29, 0.717) is 30.1 Å². The van der Waals surface area contributed by atoms with Crippen LogP contribution in [0.2, 0.25) is 0 Å². The monoisotopic (exact) mass is 250 g/mol. The van der Waals surface area contributed by atoms with Gasteiger partial charge >= 0.3 is 5.97 Å². The van der Waals surface area contributed by atoms with E-state index >= 15 is 0 Å². The van der Waals surface area contributed by atoms with Gasteiger partial charge in [0.2, 0.25) is 5.89 Å². The topological polar surface area (TPSA) is 76.2 Å². The first-order valence-corrected chi connectivity index (χ1v) is 6.53. The molecule has 5 nitrogen and oxygen atoms in total. The summed E-state index contributed by atoms with van der Waals surface area (Å²) < 4.78 is 5.32. The minimum atomic E-state index is -0.708. The highest BCUT2D eigenvalue weighted by atomic mass is 16.5. The lowest BCUT2D eigenvalue weighted by atomic mass is 10.1. The van der Waals surface area contributed by atoms with Crippen molar-refractivity contribution in [3.05, 3.63) is 11.7 Å². The zero-order valence-corrected chi connectivity index (χ0v) is 10.7. The first-order valence-electron chi connectivity index (χ1n) is 6.53. The normalized spacial score (nSPS) is 33.6. The molecule has 0 aliphatic heterocycles. The third-order valence-corrected chi connectivity index (χ3v) is 4.41. The van der Waals surface area contributed by atoms with Gasteiger partial charge in [-0.1, -0.05) is 19.0 Å². The van der Waals surface area contributed by atoms with E-state index in [1.54, 1.807) is 0 Å². The minimum absolute atomic E-state index is 0.134. The van der Waals surface area contributed by atoms with Gasteiger partial charge in [-0.25, -0.2) is 0 Å². The fraction of sp³-hybridized carbons (Fsp3) is 0.769. The predicted molar refractivity (Wildman–Crippen MR) is 63.2 cm³/mol. The lowest BCUT2D eigenvalue weighted by Crippen LogP contribution is -2.09. The van der Waals surface area contributed by atoms with Crippen molar-refractivity contribution in [1.82, 2.24) is 10.1 Å². The summed E-state index contributed by atoms with van der Waals surface area (Å²) in [6, 6.07) is 0. The fourth-order valence-electron chi connectivity index (χ4n) is 2.89. The first kappa shape index (κ1) is 11.7. The molecule has 3 atom stereocenters. The summed E-state index contributed by atoms with van der Waals surface area (Å²) in [4.78, 5) is 15.4. The molecule has 2 aliphatic carbocycles. The maximum atomic E-state index is 10.9. The standard InChI is InChI=1S/C13H18N2O3/c1-13(2)6-9(13)10-14-11(18-15-10)7-3-4-8(5-7)12(16)17/h7-9H,3-6H2,1-2H3,(H,16,17). The molecule has 1 aromatic heterocycles. The van der Waals surface area contributed by atoms with Crippen molar-refractivity contribution in [2.75, 3.05) is 0 Å². The van der Waals surface area contributed by atoms with Crippen LogP contribution in [0.15, 0.2) is 4.52 Å². The van der Waals surface area contributed by atoms with Crippen LogP contribution in [0.5, 0.6) is 0 Å². The van der Waals surface area contributed by atoms with E-state index in [4.69, 9.17) is 9.63 Å². The second-order valence-corrected chi connectivity index (χ2v) is 6.28.